The van der Waals surface area contributed by atoms with Crippen LogP contribution < -0.4 is 10.1 Å². The van der Waals surface area contributed by atoms with Crippen LogP contribution in [-0.2, 0) is 24.4 Å². The summed E-state index contributed by atoms with van der Waals surface area (Å²) in [6, 6.07) is 19.3. The van der Waals surface area contributed by atoms with Crippen LogP contribution in [0.25, 0.3) is 0 Å². The number of nitrogens with zero attached hydrogens (tertiary/aromatic N) is 1. The lowest BCUT2D eigenvalue weighted by Crippen LogP contribution is -2.24. The Bertz CT molecular complexity index is 828. The molecule has 1 amide bonds. The summed E-state index contributed by atoms with van der Waals surface area (Å²) in [6.45, 7) is 2.64. The highest BCUT2D eigenvalue weighted by Crippen LogP contribution is 2.20. The molecule has 0 saturated carbocycles. The van der Waals surface area contributed by atoms with Crippen LogP contribution in [-0.4, -0.2) is 11.1 Å². The lowest BCUT2D eigenvalue weighted by Gasteiger charge is -2.11. The predicted octanol–water partition coefficient (Wildman–Crippen LogP) is 3.42. The van der Waals surface area contributed by atoms with Gasteiger partial charge in [0.05, 0.1) is 18.7 Å². The zero-order chi connectivity index (χ0) is 17.5. The number of aromatic nitrogens is 1. The minimum Gasteiger partial charge on any atom is -0.489 e. The van der Waals surface area contributed by atoms with Gasteiger partial charge < -0.3 is 14.6 Å². The SMILES string of the molecule is Cc1cc(CNC(=O)Cc2ccccc2OCc2ccccc2)on1. The van der Waals surface area contributed by atoms with Gasteiger partial charge in [0, 0.05) is 11.6 Å². The summed E-state index contributed by atoms with van der Waals surface area (Å²) in [5.74, 6) is 1.27. The maximum Gasteiger partial charge on any atom is 0.224 e. The number of benzene rings is 2. The summed E-state index contributed by atoms with van der Waals surface area (Å²) in [4.78, 5) is 12.2. The monoisotopic (exact) mass is 336 g/mol. The van der Waals surface area contributed by atoms with Crippen molar-refractivity contribution >= 4 is 5.91 Å². The fraction of sp³-hybridized carbons (Fsp3) is 0.200. The Morgan fingerprint density at radius 2 is 1.88 bits per heavy atom. The second-order valence-corrected chi connectivity index (χ2v) is 5.77. The highest BCUT2D eigenvalue weighted by atomic mass is 16.5. The number of nitrogens with one attached hydrogen (secondary N) is 1. The van der Waals surface area contributed by atoms with E-state index in [9.17, 15) is 4.79 Å². The minimum atomic E-state index is -0.0928. The van der Waals surface area contributed by atoms with Gasteiger partial charge in [-0.15, -0.1) is 0 Å². The van der Waals surface area contributed by atoms with Gasteiger partial charge >= 0.3 is 0 Å². The third-order valence-electron chi connectivity index (χ3n) is 3.70. The average Bonchev–Trinajstić information content (AvgIpc) is 3.05. The van der Waals surface area contributed by atoms with Gasteiger partial charge in [0.1, 0.15) is 12.4 Å². The summed E-state index contributed by atoms with van der Waals surface area (Å²) < 4.78 is 11.0. The van der Waals surface area contributed by atoms with Crippen molar-refractivity contribution in [1.82, 2.24) is 10.5 Å². The van der Waals surface area contributed by atoms with Crippen molar-refractivity contribution in [2.45, 2.75) is 26.5 Å². The second-order valence-electron chi connectivity index (χ2n) is 5.77. The first-order valence-electron chi connectivity index (χ1n) is 8.14. The Labute approximate surface area is 146 Å². The fourth-order valence-electron chi connectivity index (χ4n) is 2.45. The molecule has 1 aromatic heterocycles. The smallest absolute Gasteiger partial charge is 0.224 e. The Kier molecular flexibility index (Phi) is 5.46. The van der Waals surface area contributed by atoms with E-state index in [-0.39, 0.29) is 12.3 Å². The molecule has 0 spiro atoms. The van der Waals surface area contributed by atoms with Crippen molar-refractivity contribution in [3.05, 3.63) is 83.2 Å². The Morgan fingerprint density at radius 1 is 1.12 bits per heavy atom. The van der Waals surface area contributed by atoms with Gasteiger partial charge in [-0.25, -0.2) is 0 Å². The zero-order valence-corrected chi connectivity index (χ0v) is 14.1. The molecule has 0 aliphatic rings. The first-order valence-corrected chi connectivity index (χ1v) is 8.14. The van der Waals surface area contributed by atoms with Crippen LogP contribution in [0.3, 0.4) is 0 Å². The molecule has 2 aromatic carbocycles. The first-order chi connectivity index (χ1) is 12.2. The van der Waals surface area contributed by atoms with Crippen molar-refractivity contribution in [1.29, 1.82) is 0 Å². The van der Waals surface area contributed by atoms with E-state index >= 15 is 0 Å². The fourth-order valence-corrected chi connectivity index (χ4v) is 2.45. The molecule has 5 nitrogen and oxygen atoms in total. The number of carbonyl (C=O) groups excluding carboxylic acids is 1. The summed E-state index contributed by atoms with van der Waals surface area (Å²) in [6.07, 6.45) is 0.248. The van der Waals surface area contributed by atoms with Crippen molar-refractivity contribution in [3.63, 3.8) is 0 Å². The summed E-state index contributed by atoms with van der Waals surface area (Å²) in [5.41, 5.74) is 2.73. The van der Waals surface area contributed by atoms with E-state index < -0.39 is 0 Å². The highest BCUT2D eigenvalue weighted by Gasteiger charge is 2.10. The highest BCUT2D eigenvalue weighted by molar-refractivity contribution is 5.79. The number of para-hydroxylation sites is 1. The van der Waals surface area contributed by atoms with Crippen LogP contribution in [0.15, 0.2) is 65.2 Å². The third-order valence-corrected chi connectivity index (χ3v) is 3.70. The lowest BCUT2D eigenvalue weighted by molar-refractivity contribution is -0.120. The molecule has 25 heavy (non-hydrogen) atoms. The molecule has 3 rings (SSSR count). The molecule has 0 aliphatic heterocycles. The normalized spacial score (nSPS) is 10.4. The lowest BCUT2D eigenvalue weighted by atomic mass is 10.1. The van der Waals surface area contributed by atoms with Crippen LogP contribution in [0.1, 0.15) is 22.6 Å². The summed E-state index contributed by atoms with van der Waals surface area (Å²) >= 11 is 0. The van der Waals surface area contributed by atoms with E-state index in [0.29, 0.717) is 18.9 Å². The molecule has 128 valence electrons. The molecule has 0 radical (unpaired) electrons. The van der Waals surface area contributed by atoms with Gasteiger partial charge in [-0.3, -0.25) is 4.79 Å². The van der Waals surface area contributed by atoms with E-state index in [1.54, 1.807) is 6.07 Å². The predicted molar refractivity (Wildman–Crippen MR) is 94.0 cm³/mol. The van der Waals surface area contributed by atoms with Gasteiger partial charge in [-0.05, 0) is 18.6 Å². The Hall–Kier alpha value is -3.08. The maximum absolute atomic E-state index is 12.2. The summed E-state index contributed by atoms with van der Waals surface area (Å²) in [5, 5.41) is 6.63. The molecule has 0 bridgehead atoms. The maximum atomic E-state index is 12.2. The largest absolute Gasteiger partial charge is 0.489 e. The van der Waals surface area contributed by atoms with Crippen molar-refractivity contribution in [2.75, 3.05) is 0 Å². The van der Waals surface area contributed by atoms with E-state index in [4.69, 9.17) is 9.26 Å². The van der Waals surface area contributed by atoms with E-state index in [2.05, 4.69) is 10.5 Å². The molecule has 3 aromatic rings. The summed E-state index contributed by atoms with van der Waals surface area (Å²) in [7, 11) is 0. The van der Waals surface area contributed by atoms with E-state index in [0.717, 1.165) is 22.6 Å². The molecule has 0 saturated heterocycles. The van der Waals surface area contributed by atoms with Gasteiger partial charge in [0.15, 0.2) is 5.76 Å². The second kappa shape index (κ2) is 8.15. The molecule has 1 N–H and O–H groups in total. The number of rotatable bonds is 7. The average molecular weight is 336 g/mol. The molecule has 0 aliphatic carbocycles. The van der Waals surface area contributed by atoms with Crippen LogP contribution >= 0.6 is 0 Å². The molecule has 0 fully saturated rings. The van der Waals surface area contributed by atoms with Crippen molar-refractivity contribution in [2.24, 2.45) is 0 Å². The van der Waals surface area contributed by atoms with Crippen LogP contribution in [0.4, 0.5) is 0 Å². The minimum absolute atomic E-state index is 0.0928. The Balaban J connectivity index is 1.57. The quantitative estimate of drug-likeness (QED) is 0.718. The van der Waals surface area contributed by atoms with Gasteiger partial charge in [0.25, 0.3) is 0 Å². The Morgan fingerprint density at radius 3 is 2.64 bits per heavy atom. The third kappa shape index (κ3) is 4.94. The molecule has 0 atom stereocenters. The van der Waals surface area contributed by atoms with E-state index in [1.165, 1.54) is 0 Å². The first kappa shape index (κ1) is 16.8. The van der Waals surface area contributed by atoms with Gasteiger partial charge in [-0.1, -0.05) is 53.7 Å². The molecular formula is C20H20N2O3. The topological polar surface area (TPSA) is 64.4 Å². The number of ether oxygens (including phenoxy) is 1. The van der Waals surface area contributed by atoms with Crippen molar-refractivity contribution in [3.8, 4) is 5.75 Å². The van der Waals surface area contributed by atoms with Crippen LogP contribution in [0, 0.1) is 6.92 Å². The van der Waals surface area contributed by atoms with Gasteiger partial charge in [0.2, 0.25) is 5.91 Å². The number of carbonyl (C=O) groups is 1. The molecule has 5 heteroatoms. The molecular weight excluding hydrogens is 316 g/mol. The number of hydrogen-bond acceptors (Lipinski definition) is 4. The number of hydrogen-bond donors (Lipinski definition) is 1. The standard InChI is InChI=1S/C20H20N2O3/c1-15-11-18(25-22-15)13-21-20(23)12-17-9-5-6-10-19(17)24-14-16-7-3-2-4-8-16/h2-11H,12-14H2,1H3,(H,21,23). The number of aryl methyl sites for hydroxylation is 1. The zero-order valence-electron chi connectivity index (χ0n) is 14.1. The molecule has 1 heterocycles. The van der Waals surface area contributed by atoms with E-state index in [1.807, 2.05) is 61.5 Å². The molecule has 0 unspecified atom stereocenters. The van der Waals surface area contributed by atoms with Crippen LogP contribution in [0.5, 0.6) is 5.75 Å². The number of amides is 1. The van der Waals surface area contributed by atoms with Crippen LogP contribution in [0.2, 0.25) is 0 Å². The van der Waals surface area contributed by atoms with Crippen molar-refractivity contribution < 1.29 is 14.1 Å². The van der Waals surface area contributed by atoms with Gasteiger partial charge in [-0.2, -0.15) is 0 Å².